The molecule has 1 aromatic carbocycles. The predicted octanol–water partition coefficient (Wildman–Crippen LogP) is 0.883. The lowest BCUT2D eigenvalue weighted by atomic mass is 10.2. The molecular weight excluding hydrogens is 348 g/mol. The van der Waals surface area contributed by atoms with Crippen LogP contribution in [0.3, 0.4) is 0 Å². The molecule has 4 N–H and O–H groups in total. The van der Waals surface area contributed by atoms with Crippen LogP contribution in [0.25, 0.3) is 0 Å². The fourth-order valence-corrected chi connectivity index (χ4v) is 2.46. The molecule has 0 atom stereocenters. The topological polar surface area (TPSA) is 120 Å². The molecule has 0 saturated heterocycles. The van der Waals surface area contributed by atoms with Crippen molar-refractivity contribution in [1.29, 1.82) is 0 Å². The zero-order chi connectivity index (χ0) is 19.2. The number of anilines is 1. The number of hydrogen-bond acceptors (Lipinski definition) is 4. The van der Waals surface area contributed by atoms with Gasteiger partial charge < -0.3 is 20.9 Å². The highest BCUT2D eigenvalue weighted by Gasteiger charge is 2.28. The number of carbonyl (C=O) groups is 3. The van der Waals surface area contributed by atoms with Crippen LogP contribution in [0.1, 0.15) is 33.6 Å². The summed E-state index contributed by atoms with van der Waals surface area (Å²) in [6.45, 7) is 0.730. The Morgan fingerprint density at radius 2 is 1.67 bits per heavy atom. The number of aromatic nitrogens is 1. The van der Waals surface area contributed by atoms with E-state index >= 15 is 0 Å². The van der Waals surface area contributed by atoms with Crippen LogP contribution in [0.4, 0.5) is 5.69 Å². The Morgan fingerprint density at radius 3 is 2.33 bits per heavy atom. The van der Waals surface area contributed by atoms with Crippen molar-refractivity contribution in [3.8, 4) is 0 Å². The maximum Gasteiger partial charge on any atom is 0.261 e. The van der Waals surface area contributed by atoms with E-state index in [0.717, 1.165) is 12.8 Å². The fraction of sp³-hybridized carbons (Fsp3) is 0.263. The normalized spacial score (nSPS) is 12.9. The standard InChI is InChI=1S/C19H20N4O4/c24-16(12-3-4-12)21-10-11-22-17(25)13-5-7-14(8-6-13)23-19(27)15-2-1-9-20-18(15)26/h1-2,5-9,12H,3-4,10-11H2,(H,20,26)(H,21,24)(H,22,25)(H,23,27). The smallest absolute Gasteiger partial charge is 0.261 e. The van der Waals surface area contributed by atoms with Crippen LogP contribution in [0.2, 0.25) is 0 Å². The van der Waals surface area contributed by atoms with Gasteiger partial charge in [0.1, 0.15) is 5.56 Å². The Kier molecular flexibility index (Phi) is 5.65. The lowest BCUT2D eigenvalue weighted by Gasteiger charge is -2.08. The summed E-state index contributed by atoms with van der Waals surface area (Å²) in [5.74, 6) is -0.606. The van der Waals surface area contributed by atoms with Gasteiger partial charge >= 0.3 is 0 Å². The maximum atomic E-state index is 12.1. The van der Waals surface area contributed by atoms with Gasteiger partial charge in [-0.25, -0.2) is 0 Å². The van der Waals surface area contributed by atoms with Gasteiger partial charge in [0.15, 0.2) is 0 Å². The molecule has 1 aliphatic rings. The lowest BCUT2D eigenvalue weighted by Crippen LogP contribution is -2.35. The molecule has 0 aliphatic heterocycles. The number of nitrogens with one attached hydrogen (secondary N) is 4. The Labute approximate surface area is 155 Å². The van der Waals surface area contributed by atoms with Crippen molar-refractivity contribution >= 4 is 23.4 Å². The van der Waals surface area contributed by atoms with Crippen molar-refractivity contribution in [1.82, 2.24) is 15.6 Å². The summed E-state index contributed by atoms with van der Waals surface area (Å²) < 4.78 is 0. The number of H-pyrrole nitrogens is 1. The Hall–Kier alpha value is -3.42. The zero-order valence-corrected chi connectivity index (χ0v) is 14.6. The third-order valence-electron chi connectivity index (χ3n) is 4.13. The minimum absolute atomic E-state index is 0.00700. The van der Waals surface area contributed by atoms with Crippen molar-refractivity contribution in [2.45, 2.75) is 12.8 Å². The van der Waals surface area contributed by atoms with Crippen LogP contribution < -0.4 is 21.5 Å². The minimum atomic E-state index is -0.527. The van der Waals surface area contributed by atoms with Crippen molar-refractivity contribution in [3.63, 3.8) is 0 Å². The molecule has 1 saturated carbocycles. The zero-order valence-electron chi connectivity index (χ0n) is 14.6. The highest BCUT2D eigenvalue weighted by Crippen LogP contribution is 2.28. The second kappa shape index (κ2) is 8.31. The van der Waals surface area contributed by atoms with Gasteiger partial charge in [0, 0.05) is 36.5 Å². The van der Waals surface area contributed by atoms with E-state index in [1.54, 1.807) is 30.3 Å². The third kappa shape index (κ3) is 5.04. The SMILES string of the molecule is O=C(NCCNC(=O)C1CC1)c1ccc(NC(=O)c2ccc[nH]c2=O)cc1. The summed E-state index contributed by atoms with van der Waals surface area (Å²) in [6.07, 6.45) is 3.34. The van der Waals surface area contributed by atoms with Crippen molar-refractivity contribution in [2.24, 2.45) is 5.92 Å². The second-order valence-electron chi connectivity index (χ2n) is 6.27. The van der Waals surface area contributed by atoms with Crippen LogP contribution in [0.5, 0.6) is 0 Å². The molecule has 1 fully saturated rings. The molecule has 8 heteroatoms. The molecule has 8 nitrogen and oxygen atoms in total. The van der Waals surface area contributed by atoms with Crippen molar-refractivity contribution in [2.75, 3.05) is 18.4 Å². The van der Waals surface area contributed by atoms with Crippen LogP contribution in [0, 0.1) is 5.92 Å². The van der Waals surface area contributed by atoms with Gasteiger partial charge in [0.25, 0.3) is 17.4 Å². The Balaban J connectivity index is 1.48. The summed E-state index contributed by atoms with van der Waals surface area (Å²) in [7, 11) is 0. The van der Waals surface area contributed by atoms with Gasteiger partial charge in [0.05, 0.1) is 0 Å². The largest absolute Gasteiger partial charge is 0.354 e. The molecule has 1 aromatic heterocycles. The summed E-state index contributed by atoms with van der Waals surface area (Å²) in [5.41, 5.74) is 0.433. The molecule has 0 radical (unpaired) electrons. The molecular formula is C19H20N4O4. The van der Waals surface area contributed by atoms with Crippen LogP contribution in [-0.4, -0.2) is 35.8 Å². The average molecular weight is 368 g/mol. The minimum Gasteiger partial charge on any atom is -0.354 e. The lowest BCUT2D eigenvalue weighted by molar-refractivity contribution is -0.122. The number of hydrogen-bond donors (Lipinski definition) is 4. The fourth-order valence-electron chi connectivity index (χ4n) is 2.46. The summed E-state index contributed by atoms with van der Waals surface area (Å²) >= 11 is 0. The monoisotopic (exact) mass is 368 g/mol. The van der Waals surface area contributed by atoms with E-state index in [1.807, 2.05) is 0 Å². The molecule has 3 rings (SSSR count). The van der Waals surface area contributed by atoms with E-state index in [4.69, 9.17) is 0 Å². The molecule has 0 unspecified atom stereocenters. The highest BCUT2D eigenvalue weighted by atomic mass is 16.2. The highest BCUT2D eigenvalue weighted by molar-refractivity contribution is 6.04. The molecule has 140 valence electrons. The first-order valence-corrected chi connectivity index (χ1v) is 8.69. The van der Waals surface area contributed by atoms with E-state index < -0.39 is 11.5 Å². The second-order valence-corrected chi connectivity index (χ2v) is 6.27. The van der Waals surface area contributed by atoms with Gasteiger partial charge in [-0.2, -0.15) is 0 Å². The predicted molar refractivity (Wildman–Crippen MR) is 99.5 cm³/mol. The number of pyridine rings is 1. The third-order valence-corrected chi connectivity index (χ3v) is 4.13. The number of rotatable bonds is 7. The van der Waals surface area contributed by atoms with Crippen LogP contribution >= 0.6 is 0 Å². The summed E-state index contributed by atoms with van der Waals surface area (Å²) in [6, 6.07) is 9.30. The van der Waals surface area contributed by atoms with Gasteiger partial charge in [0.2, 0.25) is 5.91 Å². The Bertz CT molecular complexity index is 900. The van der Waals surface area contributed by atoms with E-state index in [9.17, 15) is 19.2 Å². The molecule has 0 bridgehead atoms. The molecule has 0 spiro atoms. The number of amides is 3. The molecule has 27 heavy (non-hydrogen) atoms. The number of aromatic amines is 1. The molecule has 1 aliphatic carbocycles. The summed E-state index contributed by atoms with van der Waals surface area (Å²) in [5, 5.41) is 8.10. The molecule has 1 heterocycles. The van der Waals surface area contributed by atoms with Crippen LogP contribution in [0.15, 0.2) is 47.4 Å². The van der Waals surface area contributed by atoms with Crippen LogP contribution in [-0.2, 0) is 4.79 Å². The first kappa shape index (κ1) is 18.4. The van der Waals surface area contributed by atoms with E-state index in [0.29, 0.717) is 24.3 Å². The first-order chi connectivity index (χ1) is 13.0. The average Bonchev–Trinajstić information content (AvgIpc) is 3.51. The van der Waals surface area contributed by atoms with Gasteiger partial charge in [-0.3, -0.25) is 19.2 Å². The quantitative estimate of drug-likeness (QED) is 0.542. The summed E-state index contributed by atoms with van der Waals surface area (Å²) in [4.78, 5) is 49.7. The number of benzene rings is 1. The first-order valence-electron chi connectivity index (χ1n) is 8.69. The van der Waals surface area contributed by atoms with Gasteiger partial charge in [-0.05, 0) is 49.2 Å². The molecule has 3 amide bonds. The van der Waals surface area contributed by atoms with E-state index in [1.165, 1.54) is 12.3 Å². The van der Waals surface area contributed by atoms with Crippen molar-refractivity contribution in [3.05, 3.63) is 64.1 Å². The maximum absolute atomic E-state index is 12.1. The Morgan fingerprint density at radius 1 is 0.963 bits per heavy atom. The van der Waals surface area contributed by atoms with Gasteiger partial charge in [-0.1, -0.05) is 0 Å². The van der Waals surface area contributed by atoms with Crippen molar-refractivity contribution < 1.29 is 14.4 Å². The van der Waals surface area contributed by atoms with Gasteiger partial charge in [-0.15, -0.1) is 0 Å². The van der Waals surface area contributed by atoms with E-state index in [-0.39, 0.29) is 23.3 Å². The number of carbonyl (C=O) groups excluding carboxylic acids is 3. The molecule has 2 aromatic rings. The van der Waals surface area contributed by atoms with E-state index in [2.05, 4.69) is 20.9 Å².